The Kier molecular flexibility index (Phi) is 4.13. The topological polar surface area (TPSA) is 72.9 Å². The largest absolute Gasteiger partial charge is 0.395 e. The van der Waals surface area contributed by atoms with E-state index in [1.807, 2.05) is 32.0 Å². The first-order valence-corrected chi connectivity index (χ1v) is 7.12. The zero-order valence-corrected chi connectivity index (χ0v) is 13.3. The number of anilines is 2. The molecular weight excluding hydrogens is 320 g/mol. The Morgan fingerprint density at radius 2 is 2.20 bits per heavy atom. The maximum atomic E-state index is 12.3. The molecule has 0 aliphatic heterocycles. The molecule has 1 aromatic carbocycles. The van der Waals surface area contributed by atoms with Gasteiger partial charge in [-0.05, 0) is 37.1 Å². The zero-order valence-electron chi connectivity index (χ0n) is 11.7. The molecule has 0 aliphatic rings. The molecule has 2 aromatic rings. The van der Waals surface area contributed by atoms with Crippen LogP contribution < -0.4 is 11.1 Å². The molecule has 0 saturated heterocycles. The van der Waals surface area contributed by atoms with Crippen LogP contribution in [0.4, 0.5) is 11.4 Å². The SMILES string of the molecule is CCc1nn(C)c(C(=O)Nc2ccc(Br)c(C)c2)c1N. The third-order valence-corrected chi connectivity index (χ3v) is 4.02. The van der Waals surface area contributed by atoms with Gasteiger partial charge in [0.2, 0.25) is 0 Å². The predicted molar refractivity (Wildman–Crippen MR) is 83.8 cm³/mol. The van der Waals surface area contributed by atoms with Crippen molar-refractivity contribution < 1.29 is 4.79 Å². The Balaban J connectivity index is 2.28. The zero-order chi connectivity index (χ0) is 14.9. The molecule has 0 radical (unpaired) electrons. The lowest BCUT2D eigenvalue weighted by Crippen LogP contribution is -2.17. The second-order valence-corrected chi connectivity index (χ2v) is 5.46. The molecule has 3 N–H and O–H groups in total. The maximum absolute atomic E-state index is 12.3. The smallest absolute Gasteiger partial charge is 0.276 e. The molecule has 1 aromatic heterocycles. The van der Waals surface area contributed by atoms with Crippen molar-refractivity contribution in [2.45, 2.75) is 20.3 Å². The minimum absolute atomic E-state index is 0.251. The van der Waals surface area contributed by atoms with Crippen LogP contribution in [-0.4, -0.2) is 15.7 Å². The number of carbonyl (C=O) groups excluding carboxylic acids is 1. The van der Waals surface area contributed by atoms with Crippen molar-refractivity contribution in [1.82, 2.24) is 9.78 Å². The average molecular weight is 337 g/mol. The van der Waals surface area contributed by atoms with Crippen molar-refractivity contribution in [3.8, 4) is 0 Å². The van der Waals surface area contributed by atoms with Crippen LogP contribution in [0.1, 0.15) is 28.7 Å². The lowest BCUT2D eigenvalue weighted by Gasteiger charge is -2.08. The second-order valence-electron chi connectivity index (χ2n) is 4.60. The van der Waals surface area contributed by atoms with Crippen molar-refractivity contribution in [2.24, 2.45) is 7.05 Å². The molecule has 2 rings (SSSR count). The Hall–Kier alpha value is -1.82. The Morgan fingerprint density at radius 1 is 1.50 bits per heavy atom. The van der Waals surface area contributed by atoms with Crippen LogP contribution >= 0.6 is 15.9 Å². The van der Waals surface area contributed by atoms with Gasteiger partial charge in [-0.3, -0.25) is 9.48 Å². The number of hydrogen-bond acceptors (Lipinski definition) is 3. The number of aryl methyl sites for hydroxylation is 3. The van der Waals surface area contributed by atoms with Crippen molar-refractivity contribution >= 4 is 33.2 Å². The number of aromatic nitrogens is 2. The molecule has 0 atom stereocenters. The number of hydrogen-bond donors (Lipinski definition) is 2. The van der Waals surface area contributed by atoms with Gasteiger partial charge >= 0.3 is 0 Å². The van der Waals surface area contributed by atoms with Gasteiger partial charge in [0.15, 0.2) is 0 Å². The fourth-order valence-corrected chi connectivity index (χ4v) is 2.29. The van der Waals surface area contributed by atoms with Crippen LogP contribution in [0.15, 0.2) is 22.7 Å². The average Bonchev–Trinajstić information content (AvgIpc) is 2.68. The standard InChI is InChI=1S/C14H17BrN4O/c1-4-11-12(16)13(19(3)18-11)14(20)17-9-5-6-10(15)8(2)7-9/h5-7H,4,16H2,1-3H3,(H,17,20). The summed E-state index contributed by atoms with van der Waals surface area (Å²) in [6.07, 6.45) is 0.699. The number of halogens is 1. The lowest BCUT2D eigenvalue weighted by atomic mass is 10.2. The fraction of sp³-hybridized carbons (Fsp3) is 0.286. The van der Waals surface area contributed by atoms with Gasteiger partial charge in [0.25, 0.3) is 5.91 Å². The van der Waals surface area contributed by atoms with E-state index in [1.165, 1.54) is 4.68 Å². The number of nitrogens with zero attached hydrogens (tertiary/aromatic N) is 2. The Morgan fingerprint density at radius 3 is 2.75 bits per heavy atom. The predicted octanol–water partition coefficient (Wildman–Crippen LogP) is 2.89. The number of nitrogens with one attached hydrogen (secondary N) is 1. The molecule has 0 spiro atoms. The van der Waals surface area contributed by atoms with E-state index in [-0.39, 0.29) is 5.91 Å². The summed E-state index contributed by atoms with van der Waals surface area (Å²) in [5.41, 5.74) is 9.33. The fourth-order valence-electron chi connectivity index (χ4n) is 2.04. The molecule has 1 amide bonds. The first-order chi connectivity index (χ1) is 9.43. The van der Waals surface area contributed by atoms with Crippen molar-refractivity contribution in [2.75, 3.05) is 11.1 Å². The quantitative estimate of drug-likeness (QED) is 0.905. The van der Waals surface area contributed by atoms with E-state index in [4.69, 9.17) is 5.73 Å². The third kappa shape index (κ3) is 2.70. The highest BCUT2D eigenvalue weighted by atomic mass is 79.9. The summed E-state index contributed by atoms with van der Waals surface area (Å²) in [6, 6.07) is 5.63. The van der Waals surface area contributed by atoms with Gasteiger partial charge in [-0.15, -0.1) is 0 Å². The van der Waals surface area contributed by atoms with Gasteiger partial charge in [0, 0.05) is 17.2 Å². The van der Waals surface area contributed by atoms with Crippen molar-refractivity contribution in [3.63, 3.8) is 0 Å². The molecule has 5 nitrogen and oxygen atoms in total. The molecule has 0 aliphatic carbocycles. The summed E-state index contributed by atoms with van der Waals surface area (Å²) in [7, 11) is 1.72. The van der Waals surface area contributed by atoms with E-state index in [1.54, 1.807) is 7.05 Å². The minimum Gasteiger partial charge on any atom is -0.395 e. The van der Waals surface area contributed by atoms with Crippen LogP contribution in [-0.2, 0) is 13.5 Å². The third-order valence-electron chi connectivity index (χ3n) is 3.13. The molecule has 106 valence electrons. The summed E-state index contributed by atoms with van der Waals surface area (Å²) in [5, 5.41) is 7.09. The Bertz CT molecular complexity index is 663. The van der Waals surface area contributed by atoms with Gasteiger partial charge in [-0.25, -0.2) is 0 Å². The maximum Gasteiger partial charge on any atom is 0.276 e. The highest BCUT2D eigenvalue weighted by molar-refractivity contribution is 9.10. The van der Waals surface area contributed by atoms with Crippen LogP contribution in [0.25, 0.3) is 0 Å². The summed E-state index contributed by atoms with van der Waals surface area (Å²) in [5.74, 6) is -0.251. The molecule has 1 heterocycles. The normalized spacial score (nSPS) is 10.6. The van der Waals surface area contributed by atoms with E-state index in [0.717, 1.165) is 21.4 Å². The van der Waals surface area contributed by atoms with Crippen LogP contribution in [0.3, 0.4) is 0 Å². The van der Waals surface area contributed by atoms with E-state index in [2.05, 4.69) is 26.3 Å². The van der Waals surface area contributed by atoms with Crippen molar-refractivity contribution in [1.29, 1.82) is 0 Å². The Labute approximate surface area is 126 Å². The second kappa shape index (κ2) is 5.66. The summed E-state index contributed by atoms with van der Waals surface area (Å²) in [4.78, 5) is 12.3. The van der Waals surface area contributed by atoms with Crippen molar-refractivity contribution in [3.05, 3.63) is 39.6 Å². The molecular formula is C14H17BrN4O. The van der Waals surface area contributed by atoms with Gasteiger partial charge in [-0.2, -0.15) is 5.10 Å². The van der Waals surface area contributed by atoms with Gasteiger partial charge in [-0.1, -0.05) is 22.9 Å². The summed E-state index contributed by atoms with van der Waals surface area (Å²) < 4.78 is 2.53. The number of carbonyl (C=O) groups is 1. The highest BCUT2D eigenvalue weighted by Crippen LogP contribution is 2.22. The lowest BCUT2D eigenvalue weighted by molar-refractivity contribution is 0.101. The van der Waals surface area contributed by atoms with Crippen LogP contribution in [0, 0.1) is 6.92 Å². The number of nitrogen functional groups attached to an aromatic ring is 1. The minimum atomic E-state index is -0.251. The van der Waals surface area contributed by atoms with Gasteiger partial charge < -0.3 is 11.1 Å². The highest BCUT2D eigenvalue weighted by Gasteiger charge is 2.19. The van der Waals surface area contributed by atoms with Crippen LogP contribution in [0.5, 0.6) is 0 Å². The molecule has 20 heavy (non-hydrogen) atoms. The number of amides is 1. The first kappa shape index (κ1) is 14.6. The van der Waals surface area contributed by atoms with E-state index < -0.39 is 0 Å². The first-order valence-electron chi connectivity index (χ1n) is 6.32. The molecule has 0 fully saturated rings. The van der Waals surface area contributed by atoms with Gasteiger partial charge in [0.05, 0.1) is 11.4 Å². The summed E-state index contributed by atoms with van der Waals surface area (Å²) in [6.45, 7) is 3.92. The van der Waals surface area contributed by atoms with Gasteiger partial charge in [0.1, 0.15) is 5.69 Å². The van der Waals surface area contributed by atoms with Crippen LogP contribution in [0.2, 0.25) is 0 Å². The number of nitrogens with two attached hydrogens (primary N) is 1. The molecule has 0 unspecified atom stereocenters. The van der Waals surface area contributed by atoms with E-state index in [0.29, 0.717) is 17.8 Å². The summed E-state index contributed by atoms with van der Waals surface area (Å²) >= 11 is 3.43. The molecule has 6 heteroatoms. The number of rotatable bonds is 3. The number of benzene rings is 1. The van der Waals surface area contributed by atoms with E-state index in [9.17, 15) is 4.79 Å². The molecule has 0 bridgehead atoms. The van der Waals surface area contributed by atoms with E-state index >= 15 is 0 Å². The monoisotopic (exact) mass is 336 g/mol. The molecule has 0 saturated carbocycles.